The second-order valence-electron chi connectivity index (χ2n) is 9.67. The Labute approximate surface area is 152 Å². The van der Waals surface area contributed by atoms with E-state index in [-0.39, 0.29) is 5.41 Å². The average molecular weight is 331 g/mol. The van der Waals surface area contributed by atoms with Gasteiger partial charge in [-0.15, -0.1) is 0 Å². The Hall–Kier alpha value is -1.56. The molecule has 0 amide bonds. The quantitative estimate of drug-likeness (QED) is 0.549. The van der Waals surface area contributed by atoms with Gasteiger partial charge in [-0.2, -0.15) is 0 Å². The van der Waals surface area contributed by atoms with E-state index in [1.807, 2.05) is 0 Å². The third kappa shape index (κ3) is 2.19. The van der Waals surface area contributed by atoms with Crippen molar-refractivity contribution in [3.63, 3.8) is 0 Å². The molecule has 0 N–H and O–H groups in total. The smallest absolute Gasteiger partial charge is 0.0139 e. The minimum absolute atomic E-state index is 0.173. The van der Waals surface area contributed by atoms with Crippen LogP contribution in [0.1, 0.15) is 46.0 Å². The summed E-state index contributed by atoms with van der Waals surface area (Å²) in [4.78, 5) is 0. The summed E-state index contributed by atoms with van der Waals surface area (Å²) in [7, 11) is 0. The number of hydrogen-bond acceptors (Lipinski definition) is 0. The first kappa shape index (κ1) is 15.7. The third-order valence-electron chi connectivity index (χ3n) is 8.07. The maximum atomic E-state index is 2.64. The predicted molar refractivity (Wildman–Crippen MR) is 106 cm³/mol. The summed E-state index contributed by atoms with van der Waals surface area (Å²) in [6.45, 7) is 4.97. The minimum atomic E-state index is 0.173. The summed E-state index contributed by atoms with van der Waals surface area (Å²) < 4.78 is 0. The van der Waals surface area contributed by atoms with Crippen molar-refractivity contribution < 1.29 is 0 Å². The van der Waals surface area contributed by atoms with Crippen LogP contribution in [0.3, 0.4) is 0 Å². The Balaban J connectivity index is 1.49. The number of allylic oxidation sites excluding steroid dienone is 12. The lowest BCUT2D eigenvalue weighted by molar-refractivity contribution is 0.235. The molecule has 0 aromatic carbocycles. The molecule has 2 saturated carbocycles. The molecule has 5 rings (SSSR count). The van der Waals surface area contributed by atoms with Crippen LogP contribution in [0.25, 0.3) is 0 Å². The van der Waals surface area contributed by atoms with Crippen LogP contribution in [0.2, 0.25) is 0 Å². The SMILES string of the molecule is CC1(C2C=CC=C2)C=CC(C23CCCC2CC(C)(C2C=CC=C2)C3)=C1. The second-order valence-corrected chi connectivity index (χ2v) is 9.67. The van der Waals surface area contributed by atoms with Gasteiger partial charge in [0.05, 0.1) is 0 Å². The molecule has 5 aliphatic rings. The molecule has 0 heteroatoms. The number of fused-ring (bicyclic) bond motifs is 1. The first-order valence-corrected chi connectivity index (χ1v) is 10.2. The molecule has 0 bridgehead atoms. The van der Waals surface area contributed by atoms with E-state index in [0.29, 0.717) is 22.7 Å². The van der Waals surface area contributed by atoms with Gasteiger partial charge in [0.1, 0.15) is 0 Å². The van der Waals surface area contributed by atoms with Crippen molar-refractivity contribution in [2.75, 3.05) is 0 Å². The van der Waals surface area contributed by atoms with Crippen LogP contribution in [-0.4, -0.2) is 0 Å². The van der Waals surface area contributed by atoms with Gasteiger partial charge in [-0.3, -0.25) is 0 Å². The van der Waals surface area contributed by atoms with Crippen LogP contribution < -0.4 is 0 Å². The van der Waals surface area contributed by atoms with Gasteiger partial charge < -0.3 is 0 Å². The Bertz CT molecular complexity index is 733. The summed E-state index contributed by atoms with van der Waals surface area (Å²) in [5, 5.41) is 0. The average Bonchev–Trinajstić information content (AvgIpc) is 3.36. The number of hydrogen-bond donors (Lipinski definition) is 0. The van der Waals surface area contributed by atoms with Crippen molar-refractivity contribution in [1.82, 2.24) is 0 Å². The largest absolute Gasteiger partial charge is 0.0771 e. The minimum Gasteiger partial charge on any atom is -0.0771 e. The van der Waals surface area contributed by atoms with Gasteiger partial charge in [0.25, 0.3) is 0 Å². The van der Waals surface area contributed by atoms with Gasteiger partial charge in [-0.25, -0.2) is 0 Å². The van der Waals surface area contributed by atoms with Gasteiger partial charge in [-0.05, 0) is 48.0 Å². The molecular weight excluding hydrogens is 300 g/mol. The molecule has 4 unspecified atom stereocenters. The fraction of sp³-hybridized carbons (Fsp3) is 0.520. The predicted octanol–water partition coefficient (Wildman–Crippen LogP) is 6.56. The number of rotatable bonds is 3. The van der Waals surface area contributed by atoms with Crippen LogP contribution in [0.4, 0.5) is 0 Å². The molecule has 0 saturated heterocycles. The molecule has 2 fully saturated rings. The van der Waals surface area contributed by atoms with E-state index in [1.54, 1.807) is 5.57 Å². The lowest BCUT2D eigenvalue weighted by Crippen LogP contribution is -2.26. The van der Waals surface area contributed by atoms with Gasteiger partial charge in [-0.1, -0.05) is 87.1 Å². The Morgan fingerprint density at radius 2 is 1.60 bits per heavy atom. The molecule has 0 aromatic rings. The zero-order chi connectivity index (χ0) is 17.1. The topological polar surface area (TPSA) is 0 Å². The third-order valence-corrected chi connectivity index (χ3v) is 8.07. The van der Waals surface area contributed by atoms with Crippen molar-refractivity contribution in [1.29, 1.82) is 0 Å². The van der Waals surface area contributed by atoms with Crippen molar-refractivity contribution in [2.45, 2.75) is 46.0 Å². The standard InChI is InChI=1S/C25H30/c1-23(19-8-3-4-9-19)15-13-22(16-23)25-14-7-12-21(25)17-24(2,18-25)20-10-5-6-11-20/h3-6,8-11,13,15-16,19-21H,7,12,14,17-18H2,1-2H3. The lowest BCUT2D eigenvalue weighted by atomic mass is 9.69. The first-order chi connectivity index (χ1) is 12.0. The van der Waals surface area contributed by atoms with Gasteiger partial charge in [0.2, 0.25) is 0 Å². The van der Waals surface area contributed by atoms with Crippen molar-refractivity contribution >= 4 is 0 Å². The van der Waals surface area contributed by atoms with Crippen molar-refractivity contribution in [3.05, 3.63) is 72.4 Å². The van der Waals surface area contributed by atoms with Crippen LogP contribution in [-0.2, 0) is 0 Å². The highest BCUT2D eigenvalue weighted by Gasteiger charge is 2.58. The highest BCUT2D eigenvalue weighted by molar-refractivity contribution is 5.44. The summed E-state index contributed by atoms with van der Waals surface area (Å²) in [6.07, 6.45) is 33.2. The highest BCUT2D eigenvalue weighted by Crippen LogP contribution is 2.67. The van der Waals surface area contributed by atoms with Crippen LogP contribution in [0.15, 0.2) is 72.4 Å². The zero-order valence-electron chi connectivity index (χ0n) is 15.6. The zero-order valence-corrected chi connectivity index (χ0v) is 15.6. The molecule has 0 nitrogen and oxygen atoms in total. The van der Waals surface area contributed by atoms with Gasteiger partial charge >= 0.3 is 0 Å². The van der Waals surface area contributed by atoms with Crippen molar-refractivity contribution in [2.24, 2.45) is 34.0 Å². The molecule has 4 atom stereocenters. The van der Waals surface area contributed by atoms with E-state index in [0.717, 1.165) is 5.92 Å². The van der Waals surface area contributed by atoms with Crippen LogP contribution in [0.5, 0.6) is 0 Å². The maximum Gasteiger partial charge on any atom is 0.0139 e. The van der Waals surface area contributed by atoms with E-state index < -0.39 is 0 Å². The molecule has 5 aliphatic carbocycles. The highest BCUT2D eigenvalue weighted by atomic mass is 14.6. The summed E-state index contributed by atoms with van der Waals surface area (Å²) in [6, 6.07) is 0. The normalized spacial score (nSPS) is 45.2. The fourth-order valence-corrected chi connectivity index (χ4v) is 6.73. The van der Waals surface area contributed by atoms with Crippen molar-refractivity contribution in [3.8, 4) is 0 Å². The first-order valence-electron chi connectivity index (χ1n) is 10.2. The Kier molecular flexibility index (Phi) is 3.28. The monoisotopic (exact) mass is 330 g/mol. The summed E-state index contributed by atoms with van der Waals surface area (Å²) in [5.41, 5.74) is 2.72. The molecule has 0 radical (unpaired) electrons. The van der Waals surface area contributed by atoms with E-state index >= 15 is 0 Å². The van der Waals surface area contributed by atoms with Gasteiger partial charge in [0.15, 0.2) is 0 Å². The fourth-order valence-electron chi connectivity index (χ4n) is 6.73. The lowest BCUT2D eigenvalue weighted by Gasteiger charge is -2.35. The molecule has 130 valence electrons. The van der Waals surface area contributed by atoms with Gasteiger partial charge in [0, 0.05) is 17.3 Å². The van der Waals surface area contributed by atoms with E-state index in [4.69, 9.17) is 0 Å². The molecule has 0 aromatic heterocycles. The molecule has 25 heavy (non-hydrogen) atoms. The molecule has 0 spiro atoms. The van der Waals surface area contributed by atoms with Crippen LogP contribution >= 0.6 is 0 Å². The Morgan fingerprint density at radius 1 is 0.920 bits per heavy atom. The van der Waals surface area contributed by atoms with Crippen LogP contribution in [0, 0.1) is 34.0 Å². The molecule has 0 aliphatic heterocycles. The van der Waals surface area contributed by atoms with E-state index in [9.17, 15) is 0 Å². The molecular formula is C25H30. The Morgan fingerprint density at radius 3 is 2.32 bits per heavy atom. The summed E-state index contributed by atoms with van der Waals surface area (Å²) in [5.74, 6) is 2.06. The second kappa shape index (κ2) is 5.22. The van der Waals surface area contributed by atoms with E-state index in [1.165, 1.54) is 32.1 Å². The summed E-state index contributed by atoms with van der Waals surface area (Å²) >= 11 is 0. The molecule has 0 heterocycles. The van der Waals surface area contributed by atoms with E-state index in [2.05, 4.69) is 80.7 Å². The maximum absolute atomic E-state index is 2.64.